The Morgan fingerprint density at radius 2 is 1.85 bits per heavy atom. The average molecular weight is 354 g/mol. The summed E-state index contributed by atoms with van der Waals surface area (Å²) in [5.74, 6) is 0.694. The van der Waals surface area contributed by atoms with Gasteiger partial charge in [-0.2, -0.15) is 0 Å². The quantitative estimate of drug-likeness (QED) is 0.793. The van der Waals surface area contributed by atoms with E-state index in [9.17, 15) is 9.59 Å². The minimum Gasteiger partial charge on any atom is -0.497 e. The molecule has 0 saturated carbocycles. The third-order valence-corrected chi connectivity index (χ3v) is 4.31. The molecule has 0 aliphatic rings. The third-order valence-electron chi connectivity index (χ3n) is 4.31. The number of benzene rings is 2. The molecule has 0 atom stereocenters. The van der Waals surface area contributed by atoms with Crippen LogP contribution in [0.5, 0.6) is 5.75 Å². The van der Waals surface area contributed by atoms with Crippen molar-refractivity contribution in [2.24, 2.45) is 0 Å². The van der Waals surface area contributed by atoms with E-state index in [1.807, 2.05) is 49.4 Å². The molecule has 26 heavy (non-hydrogen) atoms. The molecule has 0 bridgehead atoms. The number of carbonyl (C=O) groups is 2. The van der Waals surface area contributed by atoms with Crippen LogP contribution in [0.3, 0.4) is 0 Å². The van der Waals surface area contributed by atoms with E-state index in [1.165, 1.54) is 0 Å². The number of nitrogens with one attached hydrogen (secondary N) is 1. The molecular weight excluding hydrogens is 328 g/mol. The van der Waals surface area contributed by atoms with Gasteiger partial charge in [-0.1, -0.05) is 30.3 Å². The first-order chi connectivity index (χ1) is 12.5. The summed E-state index contributed by atoms with van der Waals surface area (Å²) in [6.45, 7) is 4.96. The summed E-state index contributed by atoms with van der Waals surface area (Å²) in [5.41, 5.74) is 2.71. The van der Waals surface area contributed by atoms with E-state index in [4.69, 9.17) is 4.74 Å². The summed E-state index contributed by atoms with van der Waals surface area (Å²) in [4.78, 5) is 25.9. The van der Waals surface area contributed by atoms with Crippen molar-refractivity contribution in [1.82, 2.24) is 10.2 Å². The molecule has 0 aromatic heterocycles. The SMILES string of the molecule is COc1cccc(CCN(CCNC(=O)c2ccccc2C)C(C)=O)c1. The van der Waals surface area contributed by atoms with Crippen LogP contribution in [0, 0.1) is 6.92 Å². The maximum absolute atomic E-state index is 12.2. The van der Waals surface area contributed by atoms with Crippen molar-refractivity contribution in [2.45, 2.75) is 20.3 Å². The van der Waals surface area contributed by atoms with E-state index in [0.717, 1.165) is 23.3 Å². The van der Waals surface area contributed by atoms with Gasteiger partial charge in [0, 0.05) is 32.1 Å². The van der Waals surface area contributed by atoms with Crippen molar-refractivity contribution >= 4 is 11.8 Å². The predicted molar refractivity (Wildman–Crippen MR) is 102 cm³/mol. The Labute approximate surface area is 155 Å². The van der Waals surface area contributed by atoms with E-state index in [0.29, 0.717) is 25.2 Å². The zero-order valence-electron chi connectivity index (χ0n) is 15.6. The highest BCUT2D eigenvalue weighted by Gasteiger charge is 2.11. The minimum atomic E-state index is -0.112. The molecule has 0 aliphatic heterocycles. The number of methoxy groups -OCH3 is 1. The molecule has 0 unspecified atom stereocenters. The van der Waals surface area contributed by atoms with Crippen molar-refractivity contribution in [1.29, 1.82) is 0 Å². The Morgan fingerprint density at radius 1 is 1.08 bits per heavy atom. The van der Waals surface area contributed by atoms with Gasteiger partial charge in [0.15, 0.2) is 0 Å². The lowest BCUT2D eigenvalue weighted by molar-refractivity contribution is -0.128. The van der Waals surface area contributed by atoms with Gasteiger partial charge in [-0.3, -0.25) is 9.59 Å². The molecule has 0 radical (unpaired) electrons. The van der Waals surface area contributed by atoms with E-state index < -0.39 is 0 Å². The van der Waals surface area contributed by atoms with Crippen LogP contribution in [0.15, 0.2) is 48.5 Å². The number of carbonyl (C=O) groups excluding carboxylic acids is 2. The molecule has 2 rings (SSSR count). The van der Waals surface area contributed by atoms with Gasteiger partial charge < -0.3 is 15.0 Å². The first kappa shape index (κ1) is 19.5. The number of hydrogen-bond acceptors (Lipinski definition) is 3. The zero-order valence-corrected chi connectivity index (χ0v) is 15.6. The summed E-state index contributed by atoms with van der Waals surface area (Å²) >= 11 is 0. The number of amides is 2. The number of ether oxygens (including phenoxy) is 1. The van der Waals surface area contributed by atoms with Crippen LogP contribution in [-0.4, -0.2) is 43.5 Å². The van der Waals surface area contributed by atoms with Crippen LogP contribution in [0.4, 0.5) is 0 Å². The highest BCUT2D eigenvalue weighted by atomic mass is 16.5. The Morgan fingerprint density at radius 3 is 2.54 bits per heavy atom. The fourth-order valence-corrected chi connectivity index (χ4v) is 2.75. The standard InChI is InChI=1S/C21H26N2O3/c1-16-7-4-5-10-20(16)21(25)22-12-14-23(17(2)24)13-11-18-8-6-9-19(15-18)26-3/h4-10,15H,11-14H2,1-3H3,(H,22,25). The van der Waals surface area contributed by atoms with Crippen LogP contribution in [0.1, 0.15) is 28.4 Å². The Kier molecular flexibility index (Phi) is 7.21. The van der Waals surface area contributed by atoms with Crippen molar-refractivity contribution < 1.29 is 14.3 Å². The summed E-state index contributed by atoms with van der Waals surface area (Å²) in [6.07, 6.45) is 0.739. The lowest BCUT2D eigenvalue weighted by Gasteiger charge is -2.21. The molecule has 5 heteroatoms. The fourth-order valence-electron chi connectivity index (χ4n) is 2.75. The van der Waals surface area contributed by atoms with E-state index in [1.54, 1.807) is 25.0 Å². The Balaban J connectivity index is 1.85. The summed E-state index contributed by atoms with van der Waals surface area (Å²) in [6, 6.07) is 15.3. The number of hydrogen-bond donors (Lipinski definition) is 1. The molecule has 2 amide bonds. The monoisotopic (exact) mass is 354 g/mol. The molecular formula is C21H26N2O3. The second-order valence-corrected chi connectivity index (χ2v) is 6.18. The first-order valence-electron chi connectivity index (χ1n) is 8.73. The summed E-state index contributed by atoms with van der Waals surface area (Å²) < 4.78 is 5.22. The van der Waals surface area contributed by atoms with E-state index in [-0.39, 0.29) is 11.8 Å². The average Bonchev–Trinajstić information content (AvgIpc) is 2.64. The van der Waals surface area contributed by atoms with Crippen LogP contribution in [-0.2, 0) is 11.2 Å². The molecule has 0 aliphatic carbocycles. The number of rotatable bonds is 8. The van der Waals surface area contributed by atoms with E-state index >= 15 is 0 Å². The summed E-state index contributed by atoms with van der Waals surface area (Å²) in [5, 5.41) is 2.89. The van der Waals surface area contributed by atoms with Crippen molar-refractivity contribution in [3.8, 4) is 5.75 Å². The van der Waals surface area contributed by atoms with Gasteiger partial charge in [-0.15, -0.1) is 0 Å². The number of nitrogens with zero attached hydrogens (tertiary/aromatic N) is 1. The van der Waals surface area contributed by atoms with Gasteiger partial charge in [0.05, 0.1) is 7.11 Å². The lowest BCUT2D eigenvalue weighted by atomic mass is 10.1. The van der Waals surface area contributed by atoms with Crippen LogP contribution < -0.4 is 10.1 Å². The Bertz CT molecular complexity index is 758. The number of aryl methyl sites for hydroxylation is 1. The van der Waals surface area contributed by atoms with Crippen molar-refractivity contribution in [3.63, 3.8) is 0 Å². The highest BCUT2D eigenvalue weighted by Crippen LogP contribution is 2.13. The largest absolute Gasteiger partial charge is 0.497 e. The smallest absolute Gasteiger partial charge is 0.251 e. The van der Waals surface area contributed by atoms with Gasteiger partial charge in [-0.05, 0) is 42.7 Å². The van der Waals surface area contributed by atoms with Crippen molar-refractivity contribution in [2.75, 3.05) is 26.7 Å². The van der Waals surface area contributed by atoms with Gasteiger partial charge in [0.1, 0.15) is 5.75 Å². The maximum Gasteiger partial charge on any atom is 0.251 e. The molecule has 2 aromatic carbocycles. The van der Waals surface area contributed by atoms with Gasteiger partial charge in [-0.25, -0.2) is 0 Å². The highest BCUT2D eigenvalue weighted by molar-refractivity contribution is 5.95. The van der Waals surface area contributed by atoms with Gasteiger partial charge >= 0.3 is 0 Å². The molecule has 138 valence electrons. The molecule has 1 N–H and O–H groups in total. The molecule has 0 spiro atoms. The fraction of sp³-hybridized carbons (Fsp3) is 0.333. The van der Waals surface area contributed by atoms with Crippen LogP contribution in [0.2, 0.25) is 0 Å². The topological polar surface area (TPSA) is 58.6 Å². The normalized spacial score (nSPS) is 10.3. The second kappa shape index (κ2) is 9.61. The predicted octanol–water partition coefficient (Wildman–Crippen LogP) is 2.82. The molecule has 5 nitrogen and oxygen atoms in total. The molecule has 0 saturated heterocycles. The maximum atomic E-state index is 12.2. The molecule has 0 fully saturated rings. The van der Waals surface area contributed by atoms with Crippen LogP contribution in [0.25, 0.3) is 0 Å². The minimum absolute atomic E-state index is 0.00182. The summed E-state index contributed by atoms with van der Waals surface area (Å²) in [7, 11) is 1.64. The van der Waals surface area contributed by atoms with Gasteiger partial charge in [0.2, 0.25) is 5.91 Å². The third kappa shape index (κ3) is 5.62. The zero-order chi connectivity index (χ0) is 18.9. The molecule has 2 aromatic rings. The van der Waals surface area contributed by atoms with Crippen LogP contribution >= 0.6 is 0 Å². The van der Waals surface area contributed by atoms with E-state index in [2.05, 4.69) is 5.32 Å². The second-order valence-electron chi connectivity index (χ2n) is 6.18. The lowest BCUT2D eigenvalue weighted by Crippen LogP contribution is -2.38. The Hall–Kier alpha value is -2.82. The van der Waals surface area contributed by atoms with Crippen molar-refractivity contribution in [3.05, 3.63) is 65.2 Å². The van der Waals surface area contributed by atoms with Gasteiger partial charge in [0.25, 0.3) is 5.91 Å². The first-order valence-corrected chi connectivity index (χ1v) is 8.73. The molecule has 0 heterocycles.